The Kier molecular flexibility index (Phi) is 5.69. The third kappa shape index (κ3) is 3.75. The molecule has 7 aromatic carbocycles. The predicted octanol–water partition coefficient (Wildman–Crippen LogP) is 11.4. The highest BCUT2D eigenvalue weighted by molar-refractivity contribution is 7.25. The third-order valence-electron chi connectivity index (χ3n) is 9.88. The predicted molar refractivity (Wildman–Crippen MR) is 197 cm³/mol. The van der Waals surface area contributed by atoms with Gasteiger partial charge >= 0.3 is 0 Å². The number of thiophene rings is 1. The summed E-state index contributed by atoms with van der Waals surface area (Å²) in [6, 6.07) is 62.0. The smallest absolute Gasteiger partial charge is 0.145 e. The molecular formula is C44H28N2S. The molecule has 3 heteroatoms. The quantitative estimate of drug-likeness (QED) is 0.192. The summed E-state index contributed by atoms with van der Waals surface area (Å²) in [5, 5.41) is 2.63. The fraction of sp³-hybridized carbons (Fsp3) is 0.0227. The standard InChI is InChI=1S/C44H28N2S/c1-4-13-29(14-5-1)43-45-38-21-12-20-36-42(38)46(43)39-25-23-31(30-24-26-41-35(27-30)34-19-10-11-22-40(34)47-41)28-37(39)44(36,32-15-6-2-7-16-32)33-17-8-3-9-18-33/h1-28H. The topological polar surface area (TPSA) is 17.8 Å². The van der Waals surface area contributed by atoms with E-state index in [2.05, 4.69) is 174 Å². The monoisotopic (exact) mass is 616 g/mol. The Morgan fingerprint density at radius 1 is 0.468 bits per heavy atom. The van der Waals surface area contributed by atoms with Crippen molar-refractivity contribution in [3.63, 3.8) is 0 Å². The van der Waals surface area contributed by atoms with E-state index in [9.17, 15) is 0 Å². The molecule has 0 radical (unpaired) electrons. The lowest BCUT2D eigenvalue weighted by Crippen LogP contribution is -2.35. The van der Waals surface area contributed by atoms with E-state index in [1.807, 2.05) is 11.3 Å². The first kappa shape index (κ1) is 26.4. The Morgan fingerprint density at radius 2 is 1.11 bits per heavy atom. The lowest BCUT2D eigenvalue weighted by Gasteiger charge is -2.41. The first-order valence-corrected chi connectivity index (χ1v) is 16.9. The summed E-state index contributed by atoms with van der Waals surface area (Å²) in [6.45, 7) is 0. The van der Waals surface area contributed by atoms with Crippen molar-refractivity contribution in [2.24, 2.45) is 0 Å². The van der Waals surface area contributed by atoms with Crippen molar-refractivity contribution in [1.29, 1.82) is 0 Å². The molecule has 0 N–H and O–H groups in total. The van der Waals surface area contributed by atoms with E-state index in [1.165, 1.54) is 53.6 Å². The van der Waals surface area contributed by atoms with E-state index in [0.29, 0.717) is 0 Å². The van der Waals surface area contributed by atoms with Crippen LogP contribution in [0.1, 0.15) is 22.3 Å². The highest BCUT2D eigenvalue weighted by atomic mass is 32.1. The summed E-state index contributed by atoms with van der Waals surface area (Å²) in [5.74, 6) is 0.961. The maximum Gasteiger partial charge on any atom is 0.145 e. The van der Waals surface area contributed by atoms with Gasteiger partial charge in [-0.15, -0.1) is 11.3 Å². The summed E-state index contributed by atoms with van der Waals surface area (Å²) in [5.41, 5.74) is 11.3. The van der Waals surface area contributed by atoms with Crippen molar-refractivity contribution in [2.75, 3.05) is 0 Å². The minimum absolute atomic E-state index is 0.559. The molecule has 3 heterocycles. The van der Waals surface area contributed by atoms with Crippen molar-refractivity contribution in [1.82, 2.24) is 9.55 Å². The largest absolute Gasteiger partial charge is 0.292 e. The molecular weight excluding hydrogens is 589 g/mol. The molecule has 0 unspecified atom stereocenters. The summed E-state index contributed by atoms with van der Waals surface area (Å²) >= 11 is 1.86. The van der Waals surface area contributed by atoms with Crippen molar-refractivity contribution in [2.45, 2.75) is 5.41 Å². The molecule has 0 amide bonds. The molecule has 0 saturated heterocycles. The van der Waals surface area contributed by atoms with E-state index in [-0.39, 0.29) is 0 Å². The molecule has 47 heavy (non-hydrogen) atoms. The molecule has 2 aromatic heterocycles. The number of nitrogens with zero attached hydrogens (tertiary/aromatic N) is 2. The average molecular weight is 617 g/mol. The first-order chi connectivity index (χ1) is 23.3. The van der Waals surface area contributed by atoms with E-state index in [1.54, 1.807) is 0 Å². The van der Waals surface area contributed by atoms with E-state index in [0.717, 1.165) is 28.1 Å². The fourth-order valence-corrected chi connectivity index (χ4v) is 8.96. The van der Waals surface area contributed by atoms with Crippen LogP contribution in [-0.2, 0) is 5.41 Å². The van der Waals surface area contributed by atoms with Crippen LogP contribution in [0.2, 0.25) is 0 Å². The second-order valence-electron chi connectivity index (χ2n) is 12.3. The summed E-state index contributed by atoms with van der Waals surface area (Å²) in [6.07, 6.45) is 0. The minimum Gasteiger partial charge on any atom is -0.292 e. The third-order valence-corrected chi connectivity index (χ3v) is 11.0. The number of benzene rings is 7. The molecule has 220 valence electrons. The molecule has 9 aromatic rings. The lowest BCUT2D eigenvalue weighted by atomic mass is 9.63. The molecule has 0 fully saturated rings. The molecule has 0 saturated carbocycles. The Balaban J connectivity index is 1.34. The Hall–Kier alpha value is -5.77. The number of hydrogen-bond acceptors (Lipinski definition) is 2. The van der Waals surface area contributed by atoms with Crippen LogP contribution >= 0.6 is 11.3 Å². The Morgan fingerprint density at radius 3 is 1.87 bits per heavy atom. The summed E-state index contributed by atoms with van der Waals surface area (Å²) in [4.78, 5) is 5.31. The second-order valence-corrected chi connectivity index (χ2v) is 13.4. The maximum absolute atomic E-state index is 5.31. The highest BCUT2D eigenvalue weighted by Crippen LogP contribution is 2.54. The Labute approximate surface area is 276 Å². The zero-order valence-corrected chi connectivity index (χ0v) is 26.3. The molecule has 2 nitrogen and oxygen atoms in total. The normalized spacial score (nSPS) is 13.3. The number of hydrogen-bond donors (Lipinski definition) is 0. The molecule has 0 spiro atoms. The van der Waals surface area contributed by atoms with Gasteiger partial charge in [-0.3, -0.25) is 4.57 Å². The van der Waals surface area contributed by atoms with Crippen LogP contribution in [0.15, 0.2) is 170 Å². The zero-order chi connectivity index (χ0) is 31.0. The number of para-hydroxylation sites is 1. The molecule has 0 aliphatic carbocycles. The van der Waals surface area contributed by atoms with Gasteiger partial charge in [-0.1, -0.05) is 133 Å². The van der Waals surface area contributed by atoms with E-state index < -0.39 is 5.41 Å². The SMILES string of the molecule is c1ccc(-c2nc3cccc4c3n2-c2ccc(-c3ccc5sc6ccccc6c5c3)cc2C4(c2ccccc2)c2ccccc2)cc1. The van der Waals surface area contributed by atoms with Crippen LogP contribution in [0.4, 0.5) is 0 Å². The van der Waals surface area contributed by atoms with Gasteiger partial charge in [-0.2, -0.15) is 0 Å². The summed E-state index contributed by atoms with van der Waals surface area (Å²) < 4.78 is 5.04. The van der Waals surface area contributed by atoms with Gasteiger partial charge in [0.05, 0.1) is 22.1 Å². The van der Waals surface area contributed by atoms with Crippen molar-refractivity contribution in [3.05, 3.63) is 192 Å². The van der Waals surface area contributed by atoms with Gasteiger partial charge in [-0.05, 0) is 69.8 Å². The van der Waals surface area contributed by atoms with E-state index >= 15 is 0 Å². The molecule has 1 aliphatic heterocycles. The number of imidazole rings is 1. The van der Waals surface area contributed by atoms with Crippen LogP contribution in [0, 0.1) is 0 Å². The van der Waals surface area contributed by atoms with Gasteiger partial charge in [0.15, 0.2) is 0 Å². The number of fused-ring (bicyclic) bond motifs is 5. The van der Waals surface area contributed by atoms with Gasteiger partial charge in [0.25, 0.3) is 0 Å². The number of aromatic nitrogens is 2. The second kappa shape index (κ2) is 10.1. The van der Waals surface area contributed by atoms with Gasteiger partial charge < -0.3 is 0 Å². The van der Waals surface area contributed by atoms with Crippen molar-refractivity contribution < 1.29 is 0 Å². The van der Waals surface area contributed by atoms with Crippen molar-refractivity contribution in [3.8, 4) is 28.2 Å². The lowest BCUT2D eigenvalue weighted by molar-refractivity contribution is 0.726. The zero-order valence-electron chi connectivity index (χ0n) is 25.5. The highest BCUT2D eigenvalue weighted by Gasteiger charge is 2.45. The van der Waals surface area contributed by atoms with Crippen LogP contribution in [0.25, 0.3) is 59.4 Å². The van der Waals surface area contributed by atoms with Crippen LogP contribution < -0.4 is 0 Å². The Bertz CT molecular complexity index is 2570. The van der Waals surface area contributed by atoms with Crippen LogP contribution in [-0.4, -0.2) is 9.55 Å². The minimum atomic E-state index is -0.559. The molecule has 0 atom stereocenters. The van der Waals surface area contributed by atoms with Gasteiger partial charge in [-0.25, -0.2) is 4.98 Å². The van der Waals surface area contributed by atoms with Crippen molar-refractivity contribution >= 4 is 42.5 Å². The molecule has 1 aliphatic rings. The average Bonchev–Trinajstić information content (AvgIpc) is 3.72. The van der Waals surface area contributed by atoms with Crippen LogP contribution in [0.3, 0.4) is 0 Å². The molecule has 10 rings (SSSR count). The number of rotatable bonds is 4. The van der Waals surface area contributed by atoms with Gasteiger partial charge in [0, 0.05) is 25.7 Å². The maximum atomic E-state index is 5.31. The van der Waals surface area contributed by atoms with Gasteiger partial charge in [0.2, 0.25) is 0 Å². The fourth-order valence-electron chi connectivity index (χ4n) is 7.87. The van der Waals surface area contributed by atoms with E-state index in [4.69, 9.17) is 4.98 Å². The van der Waals surface area contributed by atoms with Crippen LogP contribution in [0.5, 0.6) is 0 Å². The molecule has 0 bridgehead atoms. The summed E-state index contributed by atoms with van der Waals surface area (Å²) in [7, 11) is 0. The van der Waals surface area contributed by atoms with Gasteiger partial charge in [0.1, 0.15) is 5.82 Å². The first-order valence-electron chi connectivity index (χ1n) is 16.1.